The van der Waals surface area contributed by atoms with Crippen molar-refractivity contribution in [3.63, 3.8) is 0 Å². The summed E-state index contributed by atoms with van der Waals surface area (Å²) in [6.45, 7) is 26.7. The van der Waals surface area contributed by atoms with Crippen LogP contribution in [0, 0.1) is 83.1 Å². The Kier molecular flexibility index (Phi) is 19.7. The van der Waals surface area contributed by atoms with E-state index < -0.39 is 0 Å². The first-order chi connectivity index (χ1) is 58.5. The number of para-hydroxylation sites is 2. The van der Waals surface area contributed by atoms with E-state index in [1.54, 1.807) is 0 Å². The van der Waals surface area contributed by atoms with Gasteiger partial charge in [-0.1, -0.05) is 279 Å². The van der Waals surface area contributed by atoms with Gasteiger partial charge in [0.1, 0.15) is 0 Å². The molecule has 0 atom stereocenters. The first-order valence-electron chi connectivity index (χ1n) is 42.0. The van der Waals surface area contributed by atoms with E-state index >= 15 is 0 Å². The molecule has 0 saturated carbocycles. The summed E-state index contributed by atoms with van der Waals surface area (Å²) in [5.74, 6) is 0. The fourth-order valence-corrected chi connectivity index (χ4v) is 18.9. The van der Waals surface area contributed by atoms with E-state index in [0.29, 0.717) is 0 Å². The van der Waals surface area contributed by atoms with Gasteiger partial charge in [0.2, 0.25) is 0 Å². The second kappa shape index (κ2) is 31.3. The Balaban J connectivity index is 0.000000159. The topological polar surface area (TPSA) is 13.0 Å². The fraction of sp³-hybridized carbons (Fsp3) is 0.103. The minimum absolute atomic E-state index is 1.13. The first-order valence-corrected chi connectivity index (χ1v) is 42.0. The highest BCUT2D eigenvalue weighted by Crippen LogP contribution is 2.54. The average molecular weight is 1550 g/mol. The number of benzene rings is 20. The van der Waals surface area contributed by atoms with E-state index in [2.05, 4.69) is 467 Å². The molecule has 0 radical (unpaired) electrons. The lowest BCUT2D eigenvalue weighted by molar-refractivity contribution is 1.22. The molecule has 0 bridgehead atoms. The van der Waals surface area contributed by atoms with Gasteiger partial charge in [0.05, 0.1) is 22.7 Å². The molecule has 0 unspecified atom stereocenters. The van der Waals surface area contributed by atoms with Crippen LogP contribution in [-0.2, 0) is 0 Å². The second-order valence-electron chi connectivity index (χ2n) is 33.0. The van der Waals surface area contributed by atoms with Crippen molar-refractivity contribution in [3.8, 4) is 44.5 Å². The third kappa shape index (κ3) is 13.6. The van der Waals surface area contributed by atoms with Crippen LogP contribution in [-0.4, -0.2) is 0 Å². The molecule has 0 spiro atoms. The maximum Gasteiger partial charge on any atom is 0.0540 e. The van der Waals surface area contributed by atoms with Gasteiger partial charge >= 0.3 is 0 Å². The number of hydrogen-bond donors (Lipinski definition) is 0. The van der Waals surface area contributed by atoms with Gasteiger partial charge in [-0.05, 0) is 322 Å². The van der Waals surface area contributed by atoms with Crippen molar-refractivity contribution in [1.29, 1.82) is 0 Å². The Labute approximate surface area is 706 Å². The zero-order chi connectivity index (χ0) is 82.1. The number of anilines is 12. The van der Waals surface area contributed by atoms with Crippen LogP contribution in [0.1, 0.15) is 66.8 Å². The third-order valence-electron chi connectivity index (χ3n) is 25.0. The zero-order valence-corrected chi connectivity index (χ0v) is 70.4. The molecule has 0 fully saturated rings. The van der Waals surface area contributed by atoms with Crippen LogP contribution < -0.4 is 19.6 Å². The van der Waals surface area contributed by atoms with E-state index in [0.717, 1.165) is 22.7 Å². The number of rotatable bonds is 16. The van der Waals surface area contributed by atoms with Crippen molar-refractivity contribution in [2.24, 2.45) is 0 Å². The number of nitrogens with zero attached hydrogens (tertiary/aromatic N) is 4. The maximum absolute atomic E-state index is 2.51. The predicted molar refractivity (Wildman–Crippen MR) is 518 cm³/mol. The van der Waals surface area contributed by atoms with Crippen molar-refractivity contribution in [2.45, 2.75) is 83.1 Å². The van der Waals surface area contributed by atoms with Crippen LogP contribution >= 0.6 is 0 Å². The highest BCUT2D eigenvalue weighted by molar-refractivity contribution is 6.30. The largest absolute Gasteiger partial charge is 0.310 e. The molecule has 20 aromatic carbocycles. The van der Waals surface area contributed by atoms with Crippen LogP contribution in [0.15, 0.2) is 364 Å². The Morgan fingerprint density at radius 2 is 0.392 bits per heavy atom. The van der Waals surface area contributed by atoms with Crippen molar-refractivity contribution in [1.82, 2.24) is 0 Å². The van der Waals surface area contributed by atoms with Gasteiger partial charge in [-0.15, -0.1) is 0 Å². The SMILES string of the molecule is Cc1ccc(-c2c(C)cccc2C)cc1N(c1ccccc1)c1ccc2ccc3ccc(N(c4ccccc4)c4cc(-c5c(C)cccc5C)ccc4C)c4ccc1c2c34.Cc1ccc(C)c(N(c2cc(-c3ccccc3)ccc2C)c2ccc3ccc4c(N(c5cc(C)ccc5C)c5cc(-c6ccccc6)ccc5C)ccc5ccc2c3c54)c1. The van der Waals surface area contributed by atoms with Crippen molar-refractivity contribution < 1.29 is 0 Å². The molecule has 4 nitrogen and oxygen atoms in total. The van der Waals surface area contributed by atoms with Crippen LogP contribution in [0.5, 0.6) is 0 Å². The summed E-state index contributed by atoms with van der Waals surface area (Å²) in [7, 11) is 0. The summed E-state index contributed by atoms with van der Waals surface area (Å²) >= 11 is 0. The molecule has 0 aromatic heterocycles. The number of hydrogen-bond acceptors (Lipinski definition) is 4. The normalized spacial score (nSPS) is 11.5. The van der Waals surface area contributed by atoms with Crippen LogP contribution in [0.4, 0.5) is 68.2 Å². The van der Waals surface area contributed by atoms with Gasteiger partial charge in [0, 0.05) is 67.0 Å². The molecule has 0 saturated heterocycles. The third-order valence-corrected chi connectivity index (χ3v) is 25.0. The standard InChI is InChI=1S/2C58H48N2/c1-37-23-25-45(55-39(3)15-13-16-40(55)4)35-53(37)59(47-19-9-7-10-20-47)51-33-29-43-27-28-44-30-34-52(50-32-31-49(51)57(43)58(44)50)60(48-21-11-8-12-22-48)54-36-46(26-24-38(54)2)56-41(5)17-14-18-42(56)6;1-37-17-19-39(3)53(33-37)59(55-35-47(23-21-41(55)5)43-13-9-7-10-14-43)51-31-27-45-26-30-50-52(32-28-46-25-29-49(51)57(45)58(46)50)60(54-34-38(2)18-20-40(54)4)56-36-48(24-22-42(56)6)44-15-11-8-12-16-44/h2*7-36H,1-6H3. The van der Waals surface area contributed by atoms with Crippen molar-refractivity contribution >= 4 is 133 Å². The highest BCUT2D eigenvalue weighted by atomic mass is 15.2. The lowest BCUT2D eigenvalue weighted by Crippen LogP contribution is -2.14. The van der Waals surface area contributed by atoms with Gasteiger partial charge in [-0.25, -0.2) is 0 Å². The van der Waals surface area contributed by atoms with Crippen LogP contribution in [0.2, 0.25) is 0 Å². The lowest BCUT2D eigenvalue weighted by atomic mass is 9.91. The molecule has 0 N–H and O–H groups in total. The quantitative estimate of drug-likeness (QED) is 0.0894. The number of aryl methyl sites for hydroxylation is 12. The van der Waals surface area contributed by atoms with E-state index in [9.17, 15) is 0 Å². The molecule has 0 aliphatic rings. The maximum atomic E-state index is 2.51. The molecule has 0 heterocycles. The fourth-order valence-electron chi connectivity index (χ4n) is 18.9. The Hall–Kier alpha value is -14.3. The molecule has 0 aliphatic heterocycles. The molecular weight excluding hydrogens is 1450 g/mol. The van der Waals surface area contributed by atoms with E-state index in [4.69, 9.17) is 0 Å². The van der Waals surface area contributed by atoms with E-state index in [-0.39, 0.29) is 0 Å². The summed E-state index contributed by atoms with van der Waals surface area (Å²) in [4.78, 5) is 9.96. The molecule has 580 valence electrons. The molecule has 4 heteroatoms. The predicted octanol–water partition coefficient (Wildman–Crippen LogP) is 33.4. The summed E-state index contributed by atoms with van der Waals surface area (Å²) in [5.41, 5.74) is 38.8. The molecule has 20 aromatic rings. The lowest BCUT2D eigenvalue weighted by Gasteiger charge is -2.32. The molecular formula is C116H96N4. The van der Waals surface area contributed by atoms with Gasteiger partial charge in [-0.2, -0.15) is 0 Å². The van der Waals surface area contributed by atoms with Crippen molar-refractivity contribution in [3.05, 3.63) is 431 Å². The molecule has 20 rings (SSSR count). The molecule has 0 amide bonds. The van der Waals surface area contributed by atoms with Gasteiger partial charge < -0.3 is 19.6 Å². The average Bonchev–Trinajstić information content (AvgIpc) is 0.697. The first kappa shape index (κ1) is 75.7. The van der Waals surface area contributed by atoms with E-state index in [1.165, 1.54) is 221 Å². The summed E-state index contributed by atoms with van der Waals surface area (Å²) in [6, 6.07) is 135. The molecule has 120 heavy (non-hydrogen) atoms. The highest BCUT2D eigenvalue weighted by Gasteiger charge is 2.29. The monoisotopic (exact) mass is 1540 g/mol. The Morgan fingerprint density at radius 3 is 0.717 bits per heavy atom. The Morgan fingerprint density at radius 1 is 0.150 bits per heavy atom. The summed E-state index contributed by atoms with van der Waals surface area (Å²) < 4.78 is 0. The van der Waals surface area contributed by atoms with Crippen LogP contribution in [0.25, 0.3) is 109 Å². The molecule has 0 aliphatic carbocycles. The van der Waals surface area contributed by atoms with Gasteiger partial charge in [0.15, 0.2) is 0 Å². The minimum Gasteiger partial charge on any atom is -0.310 e. The smallest absolute Gasteiger partial charge is 0.0540 e. The van der Waals surface area contributed by atoms with Crippen LogP contribution in [0.3, 0.4) is 0 Å². The van der Waals surface area contributed by atoms with Gasteiger partial charge in [0.25, 0.3) is 0 Å². The van der Waals surface area contributed by atoms with E-state index in [1.807, 2.05) is 0 Å². The summed E-state index contributed by atoms with van der Waals surface area (Å²) in [5, 5.41) is 15.0. The minimum atomic E-state index is 1.13. The second-order valence-corrected chi connectivity index (χ2v) is 33.0. The summed E-state index contributed by atoms with van der Waals surface area (Å²) in [6.07, 6.45) is 0. The zero-order valence-electron chi connectivity index (χ0n) is 70.4. The van der Waals surface area contributed by atoms with Gasteiger partial charge in [-0.3, -0.25) is 0 Å². The van der Waals surface area contributed by atoms with Crippen molar-refractivity contribution in [2.75, 3.05) is 19.6 Å². The Bertz CT molecular complexity index is 6830.